The molecular weight excluding hydrogens is 314 g/mol. The summed E-state index contributed by atoms with van der Waals surface area (Å²) in [6.45, 7) is 1.77. The second-order valence-electron chi connectivity index (χ2n) is 4.97. The third kappa shape index (κ3) is 2.51. The second-order valence-corrected chi connectivity index (χ2v) is 4.97. The van der Waals surface area contributed by atoms with Crippen molar-refractivity contribution >= 4 is 11.7 Å². The summed E-state index contributed by atoms with van der Waals surface area (Å²) in [7, 11) is 0. The normalized spacial score (nSPS) is 11.0. The third-order valence-corrected chi connectivity index (χ3v) is 3.29. The van der Waals surface area contributed by atoms with Gasteiger partial charge in [-0.3, -0.25) is 0 Å². The lowest BCUT2D eigenvalue weighted by molar-refractivity contribution is 0.0450. The lowest BCUT2D eigenvalue weighted by Gasteiger charge is -1.97. The number of hydrogen-bond acceptors (Lipinski definition) is 8. The van der Waals surface area contributed by atoms with Gasteiger partial charge in [0.1, 0.15) is 12.3 Å². The number of ether oxygens (including phenoxy) is 1. The van der Waals surface area contributed by atoms with Gasteiger partial charge in [0.25, 0.3) is 11.6 Å². The van der Waals surface area contributed by atoms with E-state index < -0.39 is 5.97 Å². The molecule has 0 spiro atoms. The quantitative estimate of drug-likeness (QED) is 0.524. The summed E-state index contributed by atoms with van der Waals surface area (Å²) < 4.78 is 17.0. The van der Waals surface area contributed by atoms with Crippen LogP contribution in [0.15, 0.2) is 45.7 Å². The highest BCUT2D eigenvalue weighted by atomic mass is 16.5. The van der Waals surface area contributed by atoms with E-state index in [-0.39, 0.29) is 12.4 Å². The van der Waals surface area contributed by atoms with Gasteiger partial charge in [-0.2, -0.15) is 4.98 Å². The van der Waals surface area contributed by atoms with Crippen molar-refractivity contribution in [2.24, 2.45) is 0 Å². The first kappa shape index (κ1) is 14.1. The van der Waals surface area contributed by atoms with E-state index in [9.17, 15) is 4.79 Å². The summed E-state index contributed by atoms with van der Waals surface area (Å²) in [6.07, 6.45) is 3.13. The minimum Gasteiger partial charge on any atom is -0.461 e. The van der Waals surface area contributed by atoms with Crippen molar-refractivity contribution in [2.75, 3.05) is 0 Å². The van der Waals surface area contributed by atoms with Gasteiger partial charge in [-0.05, 0) is 25.1 Å². The molecule has 0 bridgehead atoms. The molecule has 0 amide bonds. The molecule has 9 nitrogen and oxygen atoms in total. The third-order valence-electron chi connectivity index (χ3n) is 3.29. The first-order valence-corrected chi connectivity index (χ1v) is 7.06. The molecular formula is C15H11N5O4. The number of aryl methyl sites for hydroxylation is 1. The Morgan fingerprint density at radius 2 is 2.25 bits per heavy atom. The van der Waals surface area contributed by atoms with Crippen molar-refractivity contribution in [3.8, 4) is 11.5 Å². The van der Waals surface area contributed by atoms with Gasteiger partial charge in [0.05, 0.1) is 6.26 Å². The van der Waals surface area contributed by atoms with E-state index in [1.54, 1.807) is 30.5 Å². The molecule has 4 rings (SSSR count). The maximum absolute atomic E-state index is 12.1. The van der Waals surface area contributed by atoms with Gasteiger partial charge in [0.2, 0.25) is 5.76 Å². The van der Waals surface area contributed by atoms with E-state index in [0.29, 0.717) is 23.0 Å². The number of esters is 1. The highest BCUT2D eigenvalue weighted by Crippen LogP contribution is 2.20. The average Bonchev–Trinajstić information content (AvgIpc) is 3.31. The Hall–Kier alpha value is -3.49. The predicted molar refractivity (Wildman–Crippen MR) is 78.8 cm³/mol. The maximum atomic E-state index is 12.1. The molecule has 24 heavy (non-hydrogen) atoms. The summed E-state index contributed by atoms with van der Waals surface area (Å²) in [5.41, 5.74) is 1.26. The van der Waals surface area contributed by atoms with Gasteiger partial charge in [-0.1, -0.05) is 5.16 Å². The number of aromatic nitrogens is 5. The highest BCUT2D eigenvalue weighted by Gasteiger charge is 2.17. The van der Waals surface area contributed by atoms with Crippen LogP contribution in [0.25, 0.3) is 17.3 Å². The Labute approximate surface area is 134 Å². The van der Waals surface area contributed by atoms with Gasteiger partial charge in [0.15, 0.2) is 5.76 Å². The van der Waals surface area contributed by atoms with Crippen LogP contribution < -0.4 is 0 Å². The standard InChI is InChI=1S/C15H11N5O4/c1-9-4-5-16-15-17-13(18-20(9)15)14(21)23-8-10-7-12(24-19-10)11-3-2-6-22-11/h2-7H,8H2,1H3. The molecule has 0 saturated carbocycles. The zero-order valence-corrected chi connectivity index (χ0v) is 12.5. The molecule has 0 aliphatic rings. The van der Waals surface area contributed by atoms with E-state index in [1.165, 1.54) is 10.8 Å². The molecule has 0 radical (unpaired) electrons. The van der Waals surface area contributed by atoms with Crippen LogP contribution in [-0.4, -0.2) is 30.7 Å². The molecule has 9 heteroatoms. The molecule has 4 aromatic rings. The molecule has 0 aliphatic carbocycles. The molecule has 0 fully saturated rings. The molecule has 0 aliphatic heterocycles. The fourth-order valence-corrected chi connectivity index (χ4v) is 2.11. The van der Waals surface area contributed by atoms with Gasteiger partial charge in [-0.25, -0.2) is 14.3 Å². The largest absolute Gasteiger partial charge is 0.461 e. The molecule has 0 aromatic carbocycles. The number of rotatable bonds is 4. The van der Waals surface area contributed by atoms with E-state index in [4.69, 9.17) is 13.7 Å². The van der Waals surface area contributed by atoms with Crippen molar-refractivity contribution in [2.45, 2.75) is 13.5 Å². The fraction of sp³-hybridized carbons (Fsp3) is 0.133. The zero-order valence-electron chi connectivity index (χ0n) is 12.5. The highest BCUT2D eigenvalue weighted by molar-refractivity contribution is 5.85. The van der Waals surface area contributed by atoms with E-state index >= 15 is 0 Å². The second kappa shape index (κ2) is 5.61. The van der Waals surface area contributed by atoms with Gasteiger partial charge < -0.3 is 13.7 Å². The summed E-state index contributed by atoms with van der Waals surface area (Å²) >= 11 is 0. The monoisotopic (exact) mass is 325 g/mol. The summed E-state index contributed by atoms with van der Waals surface area (Å²) in [6, 6.07) is 6.88. The number of fused-ring (bicyclic) bond motifs is 1. The predicted octanol–water partition coefficient (Wildman–Crippen LogP) is 2.04. The smallest absolute Gasteiger partial charge is 0.378 e. The molecule has 120 valence electrons. The Bertz CT molecular complexity index is 1000. The lowest BCUT2D eigenvalue weighted by Crippen LogP contribution is -2.08. The van der Waals surface area contributed by atoms with Crippen LogP contribution in [-0.2, 0) is 11.3 Å². The SMILES string of the molecule is Cc1ccnc2nc(C(=O)OCc3cc(-c4ccco4)on3)nn12. The van der Waals surface area contributed by atoms with Crippen LogP contribution in [0.2, 0.25) is 0 Å². The van der Waals surface area contributed by atoms with Gasteiger partial charge in [-0.15, -0.1) is 5.10 Å². The minimum atomic E-state index is -0.664. The Kier molecular flexibility index (Phi) is 3.30. The first-order chi connectivity index (χ1) is 11.7. The van der Waals surface area contributed by atoms with Crippen molar-refractivity contribution in [1.29, 1.82) is 0 Å². The van der Waals surface area contributed by atoms with Crippen LogP contribution in [0.4, 0.5) is 0 Å². The van der Waals surface area contributed by atoms with Crippen LogP contribution >= 0.6 is 0 Å². The van der Waals surface area contributed by atoms with Crippen molar-refractivity contribution in [1.82, 2.24) is 24.7 Å². The molecule has 0 atom stereocenters. The van der Waals surface area contributed by atoms with Crippen LogP contribution in [0.3, 0.4) is 0 Å². The Balaban J connectivity index is 1.47. The number of nitrogens with zero attached hydrogens (tertiary/aromatic N) is 5. The molecule has 4 heterocycles. The average molecular weight is 325 g/mol. The number of carbonyl (C=O) groups is 1. The van der Waals surface area contributed by atoms with Crippen LogP contribution in [0.1, 0.15) is 22.0 Å². The molecule has 4 aromatic heterocycles. The molecule has 0 unspecified atom stereocenters. The van der Waals surface area contributed by atoms with Gasteiger partial charge >= 0.3 is 5.97 Å². The lowest BCUT2D eigenvalue weighted by atomic mass is 10.3. The van der Waals surface area contributed by atoms with E-state index in [1.807, 2.05) is 6.92 Å². The Morgan fingerprint density at radius 3 is 3.04 bits per heavy atom. The van der Waals surface area contributed by atoms with E-state index in [0.717, 1.165) is 5.69 Å². The number of furan rings is 1. The first-order valence-electron chi connectivity index (χ1n) is 7.06. The molecule has 0 N–H and O–H groups in total. The van der Waals surface area contributed by atoms with E-state index in [2.05, 4.69) is 20.2 Å². The zero-order chi connectivity index (χ0) is 16.5. The maximum Gasteiger partial charge on any atom is 0.378 e. The summed E-state index contributed by atoms with van der Waals surface area (Å²) in [4.78, 5) is 20.1. The minimum absolute atomic E-state index is 0.0634. The molecule has 0 saturated heterocycles. The van der Waals surface area contributed by atoms with Gasteiger partial charge in [0, 0.05) is 18.0 Å². The number of carbonyl (C=O) groups excluding carboxylic acids is 1. The summed E-state index contributed by atoms with van der Waals surface area (Å²) in [5.74, 6) is 0.609. The Morgan fingerprint density at radius 1 is 1.33 bits per heavy atom. The number of hydrogen-bond donors (Lipinski definition) is 0. The topological polar surface area (TPSA) is 109 Å². The summed E-state index contributed by atoms with van der Waals surface area (Å²) in [5, 5.41) is 7.90. The van der Waals surface area contributed by atoms with Crippen molar-refractivity contribution in [3.05, 3.63) is 53.9 Å². The van der Waals surface area contributed by atoms with Crippen LogP contribution in [0.5, 0.6) is 0 Å². The van der Waals surface area contributed by atoms with Crippen LogP contribution in [0, 0.1) is 6.92 Å². The van der Waals surface area contributed by atoms with Crippen molar-refractivity contribution in [3.63, 3.8) is 0 Å². The fourth-order valence-electron chi connectivity index (χ4n) is 2.11. The van der Waals surface area contributed by atoms with Crippen molar-refractivity contribution < 1.29 is 18.5 Å².